The Balaban J connectivity index is 1.70. The lowest BCUT2D eigenvalue weighted by Gasteiger charge is -2.40. The minimum Gasteiger partial charge on any atom is -0.378 e. The molecule has 2 atom stereocenters. The van der Waals surface area contributed by atoms with Crippen LogP contribution in [0.5, 0.6) is 0 Å². The number of hydrogen-bond donors (Lipinski definition) is 1. The molecule has 0 aromatic heterocycles. The van der Waals surface area contributed by atoms with E-state index in [1.807, 2.05) is 61.5 Å². The van der Waals surface area contributed by atoms with E-state index in [-0.39, 0.29) is 18.0 Å². The van der Waals surface area contributed by atoms with Crippen LogP contribution in [0.25, 0.3) is 0 Å². The number of hydrogen-bond acceptors (Lipinski definition) is 2. The lowest BCUT2D eigenvalue weighted by atomic mass is 9.90. The first-order chi connectivity index (χ1) is 13.1. The summed E-state index contributed by atoms with van der Waals surface area (Å²) in [5.74, 6) is -0.574. The number of carbonyl (C=O) groups is 1. The number of anilines is 2. The molecule has 0 spiro atoms. The number of nitrogens with zero attached hydrogens (tertiary/aromatic N) is 1. The summed E-state index contributed by atoms with van der Waals surface area (Å²) in [5, 5.41) is 3.58. The Morgan fingerprint density at radius 2 is 1.74 bits per heavy atom. The van der Waals surface area contributed by atoms with Crippen molar-refractivity contribution >= 4 is 17.3 Å². The van der Waals surface area contributed by atoms with E-state index in [4.69, 9.17) is 0 Å². The molecule has 1 aliphatic heterocycles. The zero-order valence-electron chi connectivity index (χ0n) is 15.1. The normalized spacial score (nSPS) is 18.7. The van der Waals surface area contributed by atoms with Crippen molar-refractivity contribution in [3.05, 3.63) is 95.8 Å². The number of benzene rings is 3. The number of carbonyl (C=O) groups excluding carboxylic acids is 1. The van der Waals surface area contributed by atoms with Crippen molar-refractivity contribution in [3.63, 3.8) is 0 Å². The van der Waals surface area contributed by atoms with E-state index >= 15 is 0 Å². The van der Waals surface area contributed by atoms with Crippen LogP contribution in [0.4, 0.5) is 15.8 Å². The Morgan fingerprint density at radius 1 is 1.00 bits per heavy atom. The molecule has 1 amide bonds. The minimum absolute atomic E-state index is 0.0168. The molecule has 0 fully saturated rings. The molecule has 136 valence electrons. The number of rotatable bonds is 3. The van der Waals surface area contributed by atoms with E-state index in [0.717, 1.165) is 23.4 Å². The fourth-order valence-corrected chi connectivity index (χ4v) is 3.75. The largest absolute Gasteiger partial charge is 0.378 e. The van der Waals surface area contributed by atoms with Crippen molar-refractivity contribution in [1.82, 2.24) is 0 Å². The molecule has 4 rings (SSSR count). The Bertz CT molecular complexity index is 957. The second-order valence-corrected chi connectivity index (χ2v) is 6.89. The lowest BCUT2D eigenvalue weighted by molar-refractivity contribution is 0.0973. The van der Waals surface area contributed by atoms with Gasteiger partial charge in [0.25, 0.3) is 5.91 Å². The Labute approximate surface area is 158 Å². The molecule has 0 bridgehead atoms. The molecule has 3 aromatic carbocycles. The number of halogens is 1. The van der Waals surface area contributed by atoms with Gasteiger partial charge in [-0.1, -0.05) is 42.5 Å². The fourth-order valence-electron chi connectivity index (χ4n) is 3.75. The predicted molar refractivity (Wildman–Crippen MR) is 107 cm³/mol. The summed E-state index contributed by atoms with van der Waals surface area (Å²) >= 11 is 0. The second kappa shape index (κ2) is 7.23. The summed E-state index contributed by atoms with van der Waals surface area (Å²) in [7, 11) is 0. The van der Waals surface area contributed by atoms with Crippen molar-refractivity contribution < 1.29 is 9.18 Å². The zero-order chi connectivity index (χ0) is 18.8. The quantitative estimate of drug-likeness (QED) is 0.676. The van der Waals surface area contributed by atoms with E-state index in [1.54, 1.807) is 17.0 Å². The highest BCUT2D eigenvalue weighted by Crippen LogP contribution is 2.39. The highest BCUT2D eigenvalue weighted by Gasteiger charge is 2.34. The Kier molecular flexibility index (Phi) is 4.63. The van der Waals surface area contributed by atoms with Gasteiger partial charge in [0.1, 0.15) is 5.82 Å². The molecule has 0 unspecified atom stereocenters. The van der Waals surface area contributed by atoms with Crippen molar-refractivity contribution in [1.29, 1.82) is 0 Å². The standard InChI is InChI=1S/C23H21FN2O/c1-16-14-21(25-19-10-3-2-4-11-19)20-12-5-6-13-22(20)26(16)23(27)17-8-7-9-18(24)15-17/h2-13,15-16,21,25H,14H2,1H3/t16-,21-/m1/s1. The minimum atomic E-state index is -0.401. The van der Waals surface area contributed by atoms with Gasteiger partial charge in [0.05, 0.1) is 6.04 Å². The summed E-state index contributed by atoms with van der Waals surface area (Å²) in [6, 6.07) is 24.0. The molecule has 1 aliphatic rings. The van der Waals surface area contributed by atoms with E-state index in [2.05, 4.69) is 5.32 Å². The summed E-state index contributed by atoms with van der Waals surface area (Å²) in [6.45, 7) is 2.03. The van der Waals surface area contributed by atoms with Crippen molar-refractivity contribution in [2.45, 2.75) is 25.4 Å². The van der Waals surface area contributed by atoms with Crippen LogP contribution in [0, 0.1) is 5.82 Å². The van der Waals surface area contributed by atoms with Gasteiger partial charge in [-0.15, -0.1) is 0 Å². The van der Waals surface area contributed by atoms with Crippen molar-refractivity contribution in [2.75, 3.05) is 10.2 Å². The van der Waals surface area contributed by atoms with Gasteiger partial charge in [0.2, 0.25) is 0 Å². The topological polar surface area (TPSA) is 32.3 Å². The number of fused-ring (bicyclic) bond motifs is 1. The summed E-state index contributed by atoms with van der Waals surface area (Å²) in [6.07, 6.45) is 0.771. The smallest absolute Gasteiger partial charge is 0.258 e. The van der Waals surface area contributed by atoms with Gasteiger partial charge in [-0.3, -0.25) is 4.79 Å². The number of para-hydroxylation sites is 2. The van der Waals surface area contributed by atoms with E-state index < -0.39 is 5.82 Å². The predicted octanol–water partition coefficient (Wildman–Crippen LogP) is 5.42. The molecule has 0 aliphatic carbocycles. The maximum atomic E-state index is 13.6. The van der Waals surface area contributed by atoms with Gasteiger partial charge < -0.3 is 10.2 Å². The average Bonchev–Trinajstić information content (AvgIpc) is 2.68. The third kappa shape index (κ3) is 3.43. The van der Waals surface area contributed by atoms with Crippen LogP contribution in [0.15, 0.2) is 78.9 Å². The SMILES string of the molecule is C[C@@H]1C[C@@H](Nc2ccccc2)c2ccccc2N1C(=O)c1cccc(F)c1. The average molecular weight is 360 g/mol. The maximum absolute atomic E-state index is 13.6. The van der Waals surface area contributed by atoms with Crippen LogP contribution in [0.2, 0.25) is 0 Å². The van der Waals surface area contributed by atoms with E-state index in [0.29, 0.717) is 5.56 Å². The Hall–Kier alpha value is -3.14. The van der Waals surface area contributed by atoms with Gasteiger partial charge in [-0.05, 0) is 55.3 Å². The second-order valence-electron chi connectivity index (χ2n) is 6.89. The molecular formula is C23H21FN2O. The van der Waals surface area contributed by atoms with Gasteiger partial charge in [0.15, 0.2) is 0 Å². The van der Waals surface area contributed by atoms with Gasteiger partial charge in [-0.25, -0.2) is 4.39 Å². The van der Waals surface area contributed by atoms with Crippen molar-refractivity contribution in [2.24, 2.45) is 0 Å². The molecular weight excluding hydrogens is 339 g/mol. The Morgan fingerprint density at radius 3 is 2.52 bits per heavy atom. The van der Waals surface area contributed by atoms with Gasteiger partial charge in [0, 0.05) is 23.0 Å². The summed E-state index contributed by atoms with van der Waals surface area (Å²) in [4.78, 5) is 14.9. The van der Waals surface area contributed by atoms with Crippen LogP contribution in [0.3, 0.4) is 0 Å². The third-order valence-electron chi connectivity index (χ3n) is 4.99. The molecule has 1 N–H and O–H groups in total. The number of nitrogens with one attached hydrogen (secondary N) is 1. The molecule has 4 heteroatoms. The molecule has 0 saturated carbocycles. The summed E-state index contributed by atoms with van der Waals surface area (Å²) < 4.78 is 13.6. The van der Waals surface area contributed by atoms with Crippen LogP contribution in [0.1, 0.15) is 35.3 Å². The van der Waals surface area contributed by atoms with E-state index in [9.17, 15) is 9.18 Å². The van der Waals surface area contributed by atoms with E-state index in [1.165, 1.54) is 12.1 Å². The van der Waals surface area contributed by atoms with Gasteiger partial charge >= 0.3 is 0 Å². The highest BCUT2D eigenvalue weighted by molar-refractivity contribution is 6.07. The maximum Gasteiger partial charge on any atom is 0.258 e. The van der Waals surface area contributed by atoms with Crippen LogP contribution >= 0.6 is 0 Å². The molecule has 1 heterocycles. The third-order valence-corrected chi connectivity index (χ3v) is 4.99. The first kappa shape index (κ1) is 17.3. The zero-order valence-corrected chi connectivity index (χ0v) is 15.1. The number of amides is 1. The fraction of sp³-hybridized carbons (Fsp3) is 0.174. The monoisotopic (exact) mass is 360 g/mol. The highest BCUT2D eigenvalue weighted by atomic mass is 19.1. The molecule has 3 nitrogen and oxygen atoms in total. The van der Waals surface area contributed by atoms with Gasteiger partial charge in [-0.2, -0.15) is 0 Å². The first-order valence-corrected chi connectivity index (χ1v) is 9.13. The lowest BCUT2D eigenvalue weighted by Crippen LogP contribution is -2.44. The van der Waals surface area contributed by atoms with Crippen LogP contribution in [-0.2, 0) is 0 Å². The molecule has 3 aromatic rings. The summed E-state index contributed by atoms with van der Waals surface area (Å²) in [5.41, 5.74) is 3.36. The van der Waals surface area contributed by atoms with Crippen LogP contribution in [-0.4, -0.2) is 11.9 Å². The van der Waals surface area contributed by atoms with Crippen molar-refractivity contribution in [3.8, 4) is 0 Å². The first-order valence-electron chi connectivity index (χ1n) is 9.13. The van der Waals surface area contributed by atoms with Crippen LogP contribution < -0.4 is 10.2 Å². The molecule has 0 radical (unpaired) electrons. The molecule has 0 saturated heterocycles. The molecule has 27 heavy (non-hydrogen) atoms.